The van der Waals surface area contributed by atoms with Crippen molar-refractivity contribution < 1.29 is 19.1 Å². The third-order valence-electron chi connectivity index (χ3n) is 4.79. The van der Waals surface area contributed by atoms with Crippen molar-refractivity contribution in [2.45, 2.75) is 13.0 Å². The van der Waals surface area contributed by atoms with E-state index in [1.54, 1.807) is 48.3 Å². The molecule has 1 fully saturated rings. The van der Waals surface area contributed by atoms with Gasteiger partial charge in [0.1, 0.15) is 11.5 Å². The lowest BCUT2D eigenvalue weighted by Crippen LogP contribution is -2.37. The number of ether oxygens (including phenoxy) is 2. The Bertz CT molecular complexity index is 914. The molecule has 0 aliphatic carbocycles. The highest BCUT2D eigenvalue weighted by molar-refractivity contribution is 7.16. The molecule has 3 rings (SSSR count). The van der Waals surface area contributed by atoms with Gasteiger partial charge in [-0.2, -0.15) is 0 Å². The Labute approximate surface area is 179 Å². The first-order chi connectivity index (χ1) is 14.0. The predicted octanol–water partition coefficient (Wildman–Crippen LogP) is 3.99. The highest BCUT2D eigenvalue weighted by atomic mass is 35.5. The Morgan fingerprint density at radius 1 is 1.34 bits per heavy atom. The van der Waals surface area contributed by atoms with Crippen LogP contribution in [0, 0.1) is 5.92 Å². The van der Waals surface area contributed by atoms with Crippen LogP contribution in [0.25, 0.3) is 0 Å². The average molecular weight is 435 g/mol. The summed E-state index contributed by atoms with van der Waals surface area (Å²) in [6.45, 7) is 4.89. The van der Waals surface area contributed by atoms with E-state index in [0.717, 1.165) is 4.88 Å². The molecule has 1 saturated heterocycles. The second-order valence-electron chi connectivity index (χ2n) is 6.66. The molecule has 0 unspecified atom stereocenters. The number of halogens is 1. The number of thiophene rings is 1. The van der Waals surface area contributed by atoms with Crippen LogP contribution in [0.15, 0.2) is 43.0 Å². The summed E-state index contributed by atoms with van der Waals surface area (Å²) < 4.78 is 11.4. The molecule has 2 amide bonds. The molecule has 0 bridgehead atoms. The molecule has 1 aliphatic heterocycles. The molecule has 1 aromatic heterocycles. The zero-order valence-electron chi connectivity index (χ0n) is 16.4. The van der Waals surface area contributed by atoms with E-state index in [4.69, 9.17) is 21.1 Å². The van der Waals surface area contributed by atoms with Gasteiger partial charge in [0.2, 0.25) is 11.8 Å². The summed E-state index contributed by atoms with van der Waals surface area (Å²) >= 11 is 7.45. The quantitative estimate of drug-likeness (QED) is 0.589. The standard InChI is InChI=1S/C21H23ClN2O4S/c1-4-9-23(13-16-6-8-19(22)29-16)21(26)14-10-20(25)24(12-14)17-11-15(27-2)5-7-18(17)28-3/h4-8,11,14H,1,9-10,12-13H2,2-3H3/t14-/m0/s1. The predicted molar refractivity (Wildman–Crippen MR) is 115 cm³/mol. The summed E-state index contributed by atoms with van der Waals surface area (Å²) in [5.74, 6) is 0.545. The Morgan fingerprint density at radius 2 is 2.14 bits per heavy atom. The van der Waals surface area contributed by atoms with Crippen molar-refractivity contribution in [2.24, 2.45) is 5.92 Å². The fourth-order valence-corrected chi connectivity index (χ4v) is 4.49. The van der Waals surface area contributed by atoms with Crippen LogP contribution in [-0.4, -0.2) is 44.0 Å². The van der Waals surface area contributed by atoms with Crippen molar-refractivity contribution in [1.82, 2.24) is 4.90 Å². The van der Waals surface area contributed by atoms with Crippen LogP contribution in [-0.2, 0) is 16.1 Å². The summed E-state index contributed by atoms with van der Waals surface area (Å²) in [4.78, 5) is 30.2. The maximum Gasteiger partial charge on any atom is 0.228 e. The van der Waals surface area contributed by atoms with Gasteiger partial charge in [0.25, 0.3) is 0 Å². The van der Waals surface area contributed by atoms with E-state index >= 15 is 0 Å². The van der Waals surface area contributed by atoms with Crippen molar-refractivity contribution in [3.8, 4) is 11.5 Å². The minimum absolute atomic E-state index is 0.0767. The lowest BCUT2D eigenvalue weighted by atomic mass is 10.1. The van der Waals surface area contributed by atoms with E-state index in [-0.39, 0.29) is 18.2 Å². The van der Waals surface area contributed by atoms with Gasteiger partial charge < -0.3 is 19.3 Å². The maximum atomic E-state index is 13.2. The second-order valence-corrected chi connectivity index (χ2v) is 8.46. The molecular formula is C21H23ClN2O4S. The van der Waals surface area contributed by atoms with Crippen molar-refractivity contribution in [1.29, 1.82) is 0 Å². The van der Waals surface area contributed by atoms with Crippen molar-refractivity contribution in [3.63, 3.8) is 0 Å². The number of amides is 2. The van der Waals surface area contributed by atoms with Gasteiger partial charge in [-0.1, -0.05) is 17.7 Å². The molecule has 1 aromatic carbocycles. The van der Waals surface area contributed by atoms with Gasteiger partial charge in [-0.3, -0.25) is 9.59 Å². The summed E-state index contributed by atoms with van der Waals surface area (Å²) in [5, 5.41) is 0. The first kappa shape index (κ1) is 21.2. The highest BCUT2D eigenvalue weighted by Gasteiger charge is 2.38. The van der Waals surface area contributed by atoms with Gasteiger partial charge in [0.05, 0.1) is 36.7 Å². The van der Waals surface area contributed by atoms with Crippen molar-refractivity contribution in [3.05, 3.63) is 52.2 Å². The van der Waals surface area contributed by atoms with Crippen LogP contribution < -0.4 is 14.4 Å². The first-order valence-electron chi connectivity index (χ1n) is 9.13. The van der Waals surface area contributed by atoms with Gasteiger partial charge in [-0.15, -0.1) is 17.9 Å². The number of methoxy groups -OCH3 is 2. The van der Waals surface area contributed by atoms with E-state index in [0.29, 0.717) is 41.2 Å². The van der Waals surface area contributed by atoms with E-state index < -0.39 is 5.92 Å². The van der Waals surface area contributed by atoms with Crippen molar-refractivity contribution >= 4 is 40.4 Å². The molecule has 8 heteroatoms. The van der Waals surface area contributed by atoms with Gasteiger partial charge in [0.15, 0.2) is 0 Å². The number of anilines is 1. The highest BCUT2D eigenvalue weighted by Crippen LogP contribution is 2.36. The molecule has 0 radical (unpaired) electrons. The van der Waals surface area contributed by atoms with Crippen LogP contribution in [0.4, 0.5) is 5.69 Å². The summed E-state index contributed by atoms with van der Waals surface area (Å²) in [6.07, 6.45) is 1.84. The number of carbonyl (C=O) groups excluding carboxylic acids is 2. The molecule has 2 aromatic rings. The van der Waals surface area contributed by atoms with Crippen LogP contribution >= 0.6 is 22.9 Å². The third kappa shape index (κ3) is 4.74. The van der Waals surface area contributed by atoms with E-state index in [2.05, 4.69) is 6.58 Å². The van der Waals surface area contributed by atoms with Gasteiger partial charge >= 0.3 is 0 Å². The normalized spacial score (nSPS) is 16.0. The lowest BCUT2D eigenvalue weighted by Gasteiger charge is -2.24. The van der Waals surface area contributed by atoms with Crippen LogP contribution in [0.1, 0.15) is 11.3 Å². The lowest BCUT2D eigenvalue weighted by molar-refractivity contribution is -0.135. The van der Waals surface area contributed by atoms with E-state index in [1.165, 1.54) is 11.3 Å². The largest absolute Gasteiger partial charge is 0.497 e. The fraction of sp³-hybridized carbons (Fsp3) is 0.333. The Balaban J connectivity index is 1.79. The zero-order valence-corrected chi connectivity index (χ0v) is 18.0. The molecule has 1 aliphatic rings. The molecule has 154 valence electrons. The van der Waals surface area contributed by atoms with Gasteiger partial charge in [-0.05, 0) is 24.3 Å². The fourth-order valence-electron chi connectivity index (χ4n) is 3.38. The zero-order chi connectivity index (χ0) is 21.0. The van der Waals surface area contributed by atoms with Gasteiger partial charge in [-0.25, -0.2) is 0 Å². The topological polar surface area (TPSA) is 59.1 Å². The Hall–Kier alpha value is -2.51. The minimum Gasteiger partial charge on any atom is -0.497 e. The maximum absolute atomic E-state index is 13.2. The van der Waals surface area contributed by atoms with Crippen LogP contribution in [0.2, 0.25) is 4.34 Å². The van der Waals surface area contributed by atoms with Crippen LogP contribution in [0.3, 0.4) is 0 Å². The third-order valence-corrected chi connectivity index (χ3v) is 6.00. The Kier molecular flexibility index (Phi) is 6.82. The molecule has 1 atom stereocenters. The van der Waals surface area contributed by atoms with Crippen molar-refractivity contribution in [2.75, 3.05) is 32.2 Å². The Morgan fingerprint density at radius 3 is 2.76 bits per heavy atom. The molecule has 0 N–H and O–H groups in total. The first-order valence-corrected chi connectivity index (χ1v) is 10.3. The summed E-state index contributed by atoms with van der Waals surface area (Å²) in [5.41, 5.74) is 0.604. The molecule has 2 heterocycles. The number of nitrogens with zero attached hydrogens (tertiary/aromatic N) is 2. The molecule has 0 spiro atoms. The number of rotatable bonds is 8. The number of benzene rings is 1. The summed E-state index contributed by atoms with van der Waals surface area (Å²) in [6, 6.07) is 8.99. The van der Waals surface area contributed by atoms with E-state index in [1.807, 2.05) is 12.1 Å². The average Bonchev–Trinajstić information content (AvgIpc) is 3.31. The molecular weight excluding hydrogens is 412 g/mol. The van der Waals surface area contributed by atoms with E-state index in [9.17, 15) is 9.59 Å². The molecule has 6 nitrogen and oxygen atoms in total. The molecule has 0 saturated carbocycles. The smallest absolute Gasteiger partial charge is 0.228 e. The number of hydrogen-bond acceptors (Lipinski definition) is 5. The second kappa shape index (κ2) is 9.33. The minimum atomic E-state index is -0.436. The van der Waals surface area contributed by atoms with Crippen LogP contribution in [0.5, 0.6) is 11.5 Å². The monoisotopic (exact) mass is 434 g/mol. The SMILES string of the molecule is C=CCN(Cc1ccc(Cl)s1)C(=O)[C@H]1CC(=O)N(c2cc(OC)ccc2OC)C1. The van der Waals surface area contributed by atoms with Gasteiger partial charge in [0, 0.05) is 30.5 Å². The summed E-state index contributed by atoms with van der Waals surface area (Å²) in [7, 11) is 3.11. The molecule has 29 heavy (non-hydrogen) atoms. The number of carbonyl (C=O) groups is 2. The number of hydrogen-bond donors (Lipinski definition) is 0.